The van der Waals surface area contributed by atoms with E-state index in [-0.39, 0.29) is 5.91 Å². The fraction of sp³-hybridized carbons (Fsp3) is 0.450. The van der Waals surface area contributed by atoms with Crippen LogP contribution < -0.4 is 9.80 Å². The van der Waals surface area contributed by atoms with E-state index >= 15 is 0 Å². The molecule has 0 atom stereocenters. The topological polar surface area (TPSA) is 52.6 Å². The number of nitrogens with zero attached hydrogens (tertiary/aromatic N) is 5. The molecule has 1 fully saturated rings. The lowest BCUT2D eigenvalue weighted by Gasteiger charge is -2.35. The maximum absolute atomic E-state index is 12.9. The Morgan fingerprint density at radius 1 is 1.19 bits per heavy atom. The molecule has 0 spiro atoms. The van der Waals surface area contributed by atoms with Crippen molar-refractivity contribution in [2.45, 2.75) is 19.8 Å². The highest BCUT2D eigenvalue weighted by molar-refractivity contribution is 5.95. The maximum atomic E-state index is 12.9. The first-order valence-corrected chi connectivity index (χ1v) is 9.30. The van der Waals surface area contributed by atoms with Gasteiger partial charge in [0.15, 0.2) is 0 Å². The SMILES string of the molecule is CCCCN(C)c1cncc(C(=O)N2CCN(c3ccccn3)CC2)c1. The molecule has 1 amide bonds. The van der Waals surface area contributed by atoms with Gasteiger partial charge in [0.05, 0.1) is 17.4 Å². The molecule has 0 bridgehead atoms. The third-order valence-corrected chi connectivity index (χ3v) is 4.80. The molecular formula is C20H27N5O. The van der Waals surface area contributed by atoms with Crippen LogP contribution in [0.1, 0.15) is 30.1 Å². The van der Waals surface area contributed by atoms with Crippen LogP contribution in [-0.4, -0.2) is 60.5 Å². The highest BCUT2D eigenvalue weighted by atomic mass is 16.2. The summed E-state index contributed by atoms with van der Waals surface area (Å²) in [7, 11) is 2.05. The first-order valence-electron chi connectivity index (χ1n) is 9.30. The highest BCUT2D eigenvalue weighted by Gasteiger charge is 2.23. The Bertz CT molecular complexity index is 713. The van der Waals surface area contributed by atoms with Crippen LogP contribution in [0.2, 0.25) is 0 Å². The molecule has 1 aliphatic rings. The number of pyridine rings is 2. The monoisotopic (exact) mass is 353 g/mol. The van der Waals surface area contributed by atoms with Crippen LogP contribution in [0.3, 0.4) is 0 Å². The molecular weight excluding hydrogens is 326 g/mol. The number of amides is 1. The Morgan fingerprint density at radius 3 is 2.69 bits per heavy atom. The number of carbonyl (C=O) groups is 1. The van der Waals surface area contributed by atoms with Crippen LogP contribution in [0.5, 0.6) is 0 Å². The van der Waals surface area contributed by atoms with Crippen LogP contribution in [0.25, 0.3) is 0 Å². The molecule has 26 heavy (non-hydrogen) atoms. The second kappa shape index (κ2) is 8.65. The lowest BCUT2D eigenvalue weighted by Crippen LogP contribution is -2.49. The number of anilines is 2. The summed E-state index contributed by atoms with van der Waals surface area (Å²) in [6.07, 6.45) is 7.58. The van der Waals surface area contributed by atoms with Crippen LogP contribution >= 0.6 is 0 Å². The smallest absolute Gasteiger partial charge is 0.255 e. The van der Waals surface area contributed by atoms with Gasteiger partial charge in [-0.25, -0.2) is 4.98 Å². The molecule has 3 rings (SSSR count). The van der Waals surface area contributed by atoms with E-state index in [4.69, 9.17) is 0 Å². The molecule has 3 heterocycles. The van der Waals surface area contributed by atoms with E-state index in [1.165, 1.54) is 0 Å². The minimum atomic E-state index is 0.0592. The summed E-state index contributed by atoms with van der Waals surface area (Å²) in [6.45, 7) is 6.14. The summed E-state index contributed by atoms with van der Waals surface area (Å²) in [4.78, 5) is 27.8. The quantitative estimate of drug-likeness (QED) is 0.799. The van der Waals surface area contributed by atoms with Crippen molar-refractivity contribution >= 4 is 17.4 Å². The van der Waals surface area contributed by atoms with Crippen molar-refractivity contribution in [3.05, 3.63) is 48.4 Å². The predicted octanol–water partition coefficient (Wildman–Crippen LogP) is 2.68. The number of carbonyl (C=O) groups excluding carboxylic acids is 1. The fourth-order valence-corrected chi connectivity index (χ4v) is 3.14. The van der Waals surface area contributed by atoms with Gasteiger partial charge >= 0.3 is 0 Å². The Labute approximate surface area is 155 Å². The second-order valence-electron chi connectivity index (χ2n) is 6.67. The zero-order valence-electron chi connectivity index (χ0n) is 15.6. The molecule has 0 radical (unpaired) electrons. The van der Waals surface area contributed by atoms with Crippen molar-refractivity contribution < 1.29 is 4.79 Å². The molecule has 6 heteroatoms. The van der Waals surface area contributed by atoms with E-state index in [1.54, 1.807) is 12.4 Å². The first-order chi connectivity index (χ1) is 12.7. The van der Waals surface area contributed by atoms with Gasteiger partial charge in [0.25, 0.3) is 5.91 Å². The van der Waals surface area contributed by atoms with Crippen molar-refractivity contribution in [1.82, 2.24) is 14.9 Å². The van der Waals surface area contributed by atoms with E-state index in [9.17, 15) is 4.79 Å². The second-order valence-corrected chi connectivity index (χ2v) is 6.67. The van der Waals surface area contributed by atoms with Crippen molar-refractivity contribution in [1.29, 1.82) is 0 Å². The molecule has 0 unspecified atom stereocenters. The fourth-order valence-electron chi connectivity index (χ4n) is 3.14. The van der Waals surface area contributed by atoms with Crippen LogP contribution in [0.4, 0.5) is 11.5 Å². The summed E-state index contributed by atoms with van der Waals surface area (Å²) in [5.41, 5.74) is 1.66. The van der Waals surface area contributed by atoms with Gasteiger partial charge in [-0.3, -0.25) is 9.78 Å². The molecule has 138 valence electrons. The summed E-state index contributed by atoms with van der Waals surface area (Å²) in [6, 6.07) is 7.87. The summed E-state index contributed by atoms with van der Waals surface area (Å²) >= 11 is 0. The van der Waals surface area contributed by atoms with Gasteiger partial charge in [-0.2, -0.15) is 0 Å². The van der Waals surface area contributed by atoms with Crippen molar-refractivity contribution in [2.75, 3.05) is 49.6 Å². The van der Waals surface area contributed by atoms with Crippen molar-refractivity contribution in [3.63, 3.8) is 0 Å². The molecule has 1 saturated heterocycles. The Kier molecular flexibility index (Phi) is 6.04. The Balaban J connectivity index is 1.62. The molecule has 0 saturated carbocycles. The predicted molar refractivity (Wildman–Crippen MR) is 105 cm³/mol. The van der Waals surface area contributed by atoms with E-state index < -0.39 is 0 Å². The largest absolute Gasteiger partial charge is 0.373 e. The molecule has 2 aromatic rings. The minimum Gasteiger partial charge on any atom is -0.373 e. The Morgan fingerprint density at radius 2 is 2.00 bits per heavy atom. The molecule has 6 nitrogen and oxygen atoms in total. The Hall–Kier alpha value is -2.63. The zero-order chi connectivity index (χ0) is 18.4. The average Bonchev–Trinajstić information content (AvgIpc) is 2.72. The van der Waals surface area contributed by atoms with Gasteiger partial charge in [0.1, 0.15) is 5.82 Å². The minimum absolute atomic E-state index is 0.0592. The molecule has 0 N–H and O–H groups in total. The van der Waals surface area contributed by atoms with Gasteiger partial charge < -0.3 is 14.7 Å². The third kappa shape index (κ3) is 4.31. The third-order valence-electron chi connectivity index (χ3n) is 4.80. The zero-order valence-corrected chi connectivity index (χ0v) is 15.6. The number of piperazine rings is 1. The number of aromatic nitrogens is 2. The van der Waals surface area contributed by atoms with Crippen LogP contribution in [0.15, 0.2) is 42.9 Å². The van der Waals surface area contributed by atoms with Gasteiger partial charge in [0.2, 0.25) is 0 Å². The van der Waals surface area contributed by atoms with Gasteiger partial charge in [-0.1, -0.05) is 19.4 Å². The maximum Gasteiger partial charge on any atom is 0.255 e. The number of rotatable bonds is 6. The van der Waals surface area contributed by atoms with E-state index in [0.717, 1.165) is 44.0 Å². The molecule has 0 aromatic carbocycles. The standard InChI is InChI=1S/C20H27N5O/c1-3-4-9-23(2)18-14-17(15-21-16-18)20(26)25-12-10-24(11-13-25)19-7-5-6-8-22-19/h5-8,14-16H,3-4,9-13H2,1-2H3. The number of hydrogen-bond donors (Lipinski definition) is 0. The van der Waals surface area contributed by atoms with Crippen molar-refractivity contribution in [3.8, 4) is 0 Å². The molecule has 0 aliphatic carbocycles. The van der Waals surface area contributed by atoms with Crippen LogP contribution in [-0.2, 0) is 0 Å². The highest BCUT2D eigenvalue weighted by Crippen LogP contribution is 2.17. The van der Waals surface area contributed by atoms with Gasteiger partial charge in [-0.15, -0.1) is 0 Å². The van der Waals surface area contributed by atoms with E-state index in [1.807, 2.05) is 42.4 Å². The average molecular weight is 353 g/mol. The summed E-state index contributed by atoms with van der Waals surface area (Å²) in [5, 5.41) is 0. The summed E-state index contributed by atoms with van der Waals surface area (Å²) < 4.78 is 0. The molecule has 1 aliphatic heterocycles. The molecule has 2 aromatic heterocycles. The van der Waals surface area contributed by atoms with Gasteiger partial charge in [-0.05, 0) is 24.6 Å². The lowest BCUT2D eigenvalue weighted by atomic mass is 10.2. The van der Waals surface area contributed by atoms with Gasteiger partial charge in [0, 0.05) is 52.2 Å². The summed E-state index contributed by atoms with van der Waals surface area (Å²) in [5.74, 6) is 1.03. The number of unbranched alkanes of at least 4 members (excludes halogenated alkanes) is 1. The van der Waals surface area contributed by atoms with Crippen LogP contribution in [0, 0.1) is 0 Å². The number of hydrogen-bond acceptors (Lipinski definition) is 5. The van der Waals surface area contributed by atoms with E-state index in [0.29, 0.717) is 18.7 Å². The van der Waals surface area contributed by atoms with E-state index in [2.05, 4.69) is 26.7 Å². The van der Waals surface area contributed by atoms with Crippen molar-refractivity contribution in [2.24, 2.45) is 0 Å². The lowest BCUT2D eigenvalue weighted by molar-refractivity contribution is 0.0746. The normalized spacial score (nSPS) is 14.4. The first kappa shape index (κ1) is 18.2.